The predicted molar refractivity (Wildman–Crippen MR) is 140 cm³/mol. The molecule has 0 aliphatic carbocycles. The summed E-state index contributed by atoms with van der Waals surface area (Å²) in [4.78, 5) is 24.8. The highest BCUT2D eigenvalue weighted by atomic mass is 28.4. The summed E-state index contributed by atoms with van der Waals surface area (Å²) in [7, 11) is -5.53. The molecule has 0 fully saturated rings. The molecule has 30 heavy (non-hydrogen) atoms. The summed E-state index contributed by atoms with van der Waals surface area (Å²) < 4.78 is 0. The van der Waals surface area contributed by atoms with Gasteiger partial charge in [-0.2, -0.15) is 0 Å². The van der Waals surface area contributed by atoms with E-state index in [2.05, 4.69) is 83.1 Å². The Morgan fingerprint density at radius 2 is 0.700 bits per heavy atom. The first-order valence-corrected chi connectivity index (χ1v) is 16.7. The predicted octanol–water partition coefficient (Wildman–Crippen LogP) is 5.87. The summed E-state index contributed by atoms with van der Waals surface area (Å²) in [5.74, 6) is 0. The Morgan fingerprint density at radius 3 is 0.867 bits per heavy atom. The van der Waals surface area contributed by atoms with Crippen molar-refractivity contribution in [3.05, 3.63) is 22.3 Å². The molecule has 0 spiro atoms. The van der Waals surface area contributed by atoms with Crippen LogP contribution in [-0.2, 0) is 25.7 Å². The molecular weight excluding hydrogens is 400 g/mol. The Labute approximate surface area is 189 Å². The molecular formula is C26H50O2Si2. The van der Waals surface area contributed by atoms with Crippen LogP contribution in [0.3, 0.4) is 0 Å². The van der Waals surface area contributed by atoms with Gasteiger partial charge in [0.15, 0.2) is 0 Å². The molecule has 0 aliphatic heterocycles. The van der Waals surface area contributed by atoms with Gasteiger partial charge in [0.25, 0.3) is 0 Å². The first kappa shape index (κ1) is 27.6. The Balaban J connectivity index is 4.45. The van der Waals surface area contributed by atoms with Gasteiger partial charge in [-0.25, -0.2) is 0 Å². The van der Waals surface area contributed by atoms with E-state index in [-0.39, 0.29) is 22.2 Å². The third kappa shape index (κ3) is 4.26. The first-order valence-electron chi connectivity index (χ1n) is 12.5. The second-order valence-electron chi connectivity index (χ2n) is 10.3. The van der Waals surface area contributed by atoms with Gasteiger partial charge in [0.05, 0.1) is 0 Å². The zero-order chi connectivity index (χ0) is 23.6. The number of rotatable bonds is 10. The van der Waals surface area contributed by atoms with Crippen LogP contribution in [0.2, 0.25) is 22.2 Å². The monoisotopic (exact) mass is 450 g/mol. The zero-order valence-electron chi connectivity index (χ0n) is 22.0. The van der Waals surface area contributed by atoms with Gasteiger partial charge in [0.2, 0.25) is 16.6 Å². The molecule has 0 aromatic heterocycles. The Kier molecular flexibility index (Phi) is 9.63. The van der Waals surface area contributed by atoms with Crippen LogP contribution in [-0.4, -0.2) is 26.2 Å². The summed E-state index contributed by atoms with van der Waals surface area (Å²) >= 11 is 0. The van der Waals surface area contributed by atoms with E-state index < -0.39 is 16.6 Å². The van der Waals surface area contributed by atoms with Crippen LogP contribution >= 0.6 is 0 Å². The Hall–Kier alpha value is -0.426. The molecule has 0 heterocycles. The van der Waals surface area contributed by atoms with E-state index in [1.54, 1.807) is 0 Å². The largest absolute Gasteiger partial charge is 0.427 e. The fraction of sp³-hybridized carbons (Fsp3) is 0.769. The van der Waals surface area contributed by atoms with E-state index in [0.29, 0.717) is 0 Å². The summed E-state index contributed by atoms with van der Waals surface area (Å²) in [6, 6.07) is 0. The van der Waals surface area contributed by atoms with Crippen LogP contribution in [0.25, 0.3) is 0 Å². The van der Waals surface area contributed by atoms with Crippen molar-refractivity contribution in [2.75, 3.05) is 0 Å². The molecule has 0 atom stereocenters. The maximum Gasteiger partial charge on any atom is 0.225 e. The van der Waals surface area contributed by atoms with Gasteiger partial charge < -0.3 is 9.59 Å². The average Bonchev–Trinajstić information content (AvgIpc) is 2.69. The van der Waals surface area contributed by atoms with E-state index in [0.717, 1.165) is 25.7 Å². The van der Waals surface area contributed by atoms with Gasteiger partial charge >= 0.3 is 0 Å². The quantitative estimate of drug-likeness (QED) is 0.438. The maximum absolute atomic E-state index is 12.4. The van der Waals surface area contributed by atoms with Crippen molar-refractivity contribution in [3.63, 3.8) is 0 Å². The molecule has 1 aromatic carbocycles. The third-order valence-corrected chi connectivity index (χ3v) is 17.5. The van der Waals surface area contributed by atoms with Crippen LogP contribution < -0.4 is 10.4 Å². The van der Waals surface area contributed by atoms with Crippen LogP contribution in [0.4, 0.5) is 0 Å². The average molecular weight is 451 g/mol. The molecule has 0 aliphatic rings. The Bertz CT molecular complexity index is 649. The van der Waals surface area contributed by atoms with E-state index in [9.17, 15) is 9.59 Å². The fourth-order valence-electron chi connectivity index (χ4n) is 5.99. The molecule has 0 saturated heterocycles. The molecule has 0 saturated carbocycles. The van der Waals surface area contributed by atoms with Gasteiger partial charge in [-0.1, -0.05) is 83.1 Å². The lowest BCUT2D eigenvalue weighted by Gasteiger charge is -2.43. The van der Waals surface area contributed by atoms with Gasteiger partial charge in [-0.15, -0.1) is 0 Å². The molecule has 0 amide bonds. The SMILES string of the molecule is CCc1c(CC)c([Si](O)(C(C)C)C(C)C)c(CC)c([Si](O)(C(C)C)C(C)C)c1CC. The fourth-order valence-corrected chi connectivity index (χ4v) is 14.3. The van der Waals surface area contributed by atoms with E-state index in [4.69, 9.17) is 0 Å². The Morgan fingerprint density at radius 1 is 0.467 bits per heavy atom. The highest BCUT2D eigenvalue weighted by molar-refractivity contribution is 6.91. The molecule has 174 valence electrons. The summed E-state index contributed by atoms with van der Waals surface area (Å²) in [5, 5.41) is 2.57. The van der Waals surface area contributed by atoms with Crippen LogP contribution in [0.15, 0.2) is 0 Å². The molecule has 1 aromatic rings. The number of hydrogen-bond donors (Lipinski definition) is 2. The van der Waals surface area contributed by atoms with Crippen molar-refractivity contribution in [2.45, 2.75) is 131 Å². The lowest BCUT2D eigenvalue weighted by molar-refractivity contribution is 0.509. The van der Waals surface area contributed by atoms with Crippen molar-refractivity contribution in [2.24, 2.45) is 0 Å². The molecule has 0 radical (unpaired) electrons. The topological polar surface area (TPSA) is 40.5 Å². The van der Waals surface area contributed by atoms with Crippen molar-refractivity contribution >= 4 is 27.0 Å². The van der Waals surface area contributed by atoms with Gasteiger partial charge in [0, 0.05) is 0 Å². The van der Waals surface area contributed by atoms with Crippen LogP contribution in [0.5, 0.6) is 0 Å². The zero-order valence-corrected chi connectivity index (χ0v) is 24.0. The molecule has 2 N–H and O–H groups in total. The van der Waals surface area contributed by atoms with Gasteiger partial charge in [-0.05, 0) is 80.5 Å². The third-order valence-electron chi connectivity index (χ3n) is 7.67. The minimum atomic E-state index is -2.76. The first-order chi connectivity index (χ1) is 13.8. The van der Waals surface area contributed by atoms with Crippen molar-refractivity contribution in [1.29, 1.82) is 0 Å². The van der Waals surface area contributed by atoms with Crippen molar-refractivity contribution in [1.82, 2.24) is 0 Å². The minimum Gasteiger partial charge on any atom is -0.427 e. The van der Waals surface area contributed by atoms with Crippen molar-refractivity contribution < 1.29 is 9.59 Å². The molecule has 0 bridgehead atoms. The van der Waals surface area contributed by atoms with Gasteiger partial charge in [-0.3, -0.25) is 0 Å². The van der Waals surface area contributed by atoms with Crippen LogP contribution in [0, 0.1) is 0 Å². The van der Waals surface area contributed by atoms with Crippen LogP contribution in [0.1, 0.15) is 105 Å². The molecule has 1 rings (SSSR count). The highest BCUT2D eigenvalue weighted by Gasteiger charge is 2.49. The van der Waals surface area contributed by atoms with Gasteiger partial charge in [0.1, 0.15) is 0 Å². The lowest BCUT2D eigenvalue weighted by atomic mass is 9.91. The smallest absolute Gasteiger partial charge is 0.225 e. The van der Waals surface area contributed by atoms with E-state index >= 15 is 0 Å². The van der Waals surface area contributed by atoms with Crippen molar-refractivity contribution in [3.8, 4) is 0 Å². The normalized spacial score (nSPS) is 13.4. The second-order valence-corrected chi connectivity index (χ2v) is 19.3. The molecule has 4 heteroatoms. The molecule has 2 nitrogen and oxygen atoms in total. The van der Waals surface area contributed by atoms with E-state index in [1.807, 2.05) is 0 Å². The standard InChI is InChI=1S/C26H50O2Si2/c1-13-21-22(14-2)25(29(27,17(5)6)18(7)8)24(16-4)26(23(21)15-3)30(28,19(9)10)20(11)12/h17-20,27-28H,13-16H2,1-12H3. The lowest BCUT2D eigenvalue weighted by Crippen LogP contribution is -2.63. The number of benzene rings is 1. The highest BCUT2D eigenvalue weighted by Crippen LogP contribution is 2.37. The molecule has 0 unspecified atom stereocenters. The summed E-state index contributed by atoms with van der Waals surface area (Å²) in [6.45, 7) is 26.6. The summed E-state index contributed by atoms with van der Waals surface area (Å²) in [5.41, 5.74) is 6.50. The minimum absolute atomic E-state index is 0.242. The summed E-state index contributed by atoms with van der Waals surface area (Å²) in [6.07, 6.45) is 3.77. The maximum atomic E-state index is 12.4. The second kappa shape index (κ2) is 10.5. The number of hydrogen-bond acceptors (Lipinski definition) is 2. The van der Waals surface area contributed by atoms with E-state index in [1.165, 1.54) is 32.6 Å².